The smallest absolute Gasteiger partial charge is 0.408 e. The molecule has 0 aliphatic heterocycles. The highest BCUT2D eigenvalue weighted by Crippen LogP contribution is 2.34. The highest BCUT2D eigenvalue weighted by molar-refractivity contribution is 5.90. The molecule has 0 heterocycles. The Kier molecular flexibility index (Phi) is 5.57. The first-order valence-electron chi connectivity index (χ1n) is 7.22. The van der Waals surface area contributed by atoms with Crippen molar-refractivity contribution in [3.05, 3.63) is 12.7 Å². The van der Waals surface area contributed by atoms with E-state index < -0.39 is 17.2 Å². The van der Waals surface area contributed by atoms with Crippen molar-refractivity contribution in [2.75, 3.05) is 20.1 Å². The number of carbonyl (C=O) groups excluding carboxylic acids is 3. The molecule has 0 spiro atoms. The van der Waals surface area contributed by atoms with Gasteiger partial charge in [-0.3, -0.25) is 9.59 Å². The Morgan fingerprint density at radius 3 is 2.36 bits per heavy atom. The highest BCUT2D eigenvalue weighted by Gasteiger charge is 2.45. The topological polar surface area (TPSA) is 87.7 Å². The molecule has 0 aromatic rings. The van der Waals surface area contributed by atoms with Gasteiger partial charge in [0.1, 0.15) is 5.60 Å². The molecule has 3 amide bonds. The van der Waals surface area contributed by atoms with Crippen LogP contribution < -0.4 is 10.6 Å². The van der Waals surface area contributed by atoms with E-state index in [-0.39, 0.29) is 18.4 Å². The van der Waals surface area contributed by atoms with Gasteiger partial charge < -0.3 is 20.3 Å². The average Bonchev–Trinajstić information content (AvgIpc) is 3.13. The summed E-state index contributed by atoms with van der Waals surface area (Å²) in [5.41, 5.74) is -0.990. The molecule has 124 valence electrons. The van der Waals surface area contributed by atoms with Crippen molar-refractivity contribution in [1.29, 1.82) is 0 Å². The van der Waals surface area contributed by atoms with Crippen molar-refractivity contribution >= 4 is 17.9 Å². The maximum atomic E-state index is 11.8. The number of ether oxygens (including phenoxy) is 1. The van der Waals surface area contributed by atoms with E-state index in [1.807, 2.05) is 0 Å². The van der Waals surface area contributed by atoms with Crippen LogP contribution in [0.5, 0.6) is 0 Å². The summed E-state index contributed by atoms with van der Waals surface area (Å²) in [7, 11) is 1.52. The number of alkyl carbamates (subject to hydrolysis) is 1. The number of rotatable bonds is 6. The van der Waals surface area contributed by atoms with Crippen molar-refractivity contribution in [2.24, 2.45) is 0 Å². The van der Waals surface area contributed by atoms with Crippen LogP contribution >= 0.6 is 0 Å². The summed E-state index contributed by atoms with van der Waals surface area (Å²) < 4.78 is 5.20. The van der Waals surface area contributed by atoms with Crippen molar-refractivity contribution in [3.63, 3.8) is 0 Å². The van der Waals surface area contributed by atoms with Crippen LogP contribution in [-0.2, 0) is 14.3 Å². The lowest BCUT2D eigenvalue weighted by molar-refractivity contribution is -0.131. The van der Waals surface area contributed by atoms with Crippen LogP contribution in [0, 0.1) is 0 Å². The van der Waals surface area contributed by atoms with Crippen molar-refractivity contribution in [2.45, 2.75) is 44.8 Å². The lowest BCUT2D eigenvalue weighted by Crippen LogP contribution is -2.49. The van der Waals surface area contributed by atoms with E-state index in [9.17, 15) is 14.4 Å². The molecule has 0 saturated heterocycles. The Hall–Kier alpha value is -2.05. The van der Waals surface area contributed by atoms with Gasteiger partial charge in [0.15, 0.2) is 0 Å². The third-order valence-electron chi connectivity index (χ3n) is 3.18. The van der Waals surface area contributed by atoms with E-state index in [0.717, 1.165) is 18.9 Å². The number of carbonyl (C=O) groups is 3. The molecular weight excluding hydrogens is 286 g/mol. The Bertz CT molecular complexity index is 464. The first-order chi connectivity index (χ1) is 10.1. The first kappa shape index (κ1) is 18.0. The Labute approximate surface area is 131 Å². The number of hydrogen-bond acceptors (Lipinski definition) is 4. The fourth-order valence-corrected chi connectivity index (χ4v) is 1.79. The van der Waals surface area contributed by atoms with Crippen LogP contribution in [0.1, 0.15) is 33.6 Å². The van der Waals surface area contributed by atoms with Crippen LogP contribution in [0.2, 0.25) is 0 Å². The zero-order valence-electron chi connectivity index (χ0n) is 13.7. The van der Waals surface area contributed by atoms with Gasteiger partial charge in [0, 0.05) is 13.6 Å². The fourth-order valence-electron chi connectivity index (χ4n) is 1.79. The largest absolute Gasteiger partial charge is 0.444 e. The molecular formula is C15H25N3O4. The zero-order chi connectivity index (χ0) is 17.0. The molecule has 0 unspecified atom stereocenters. The zero-order valence-corrected chi connectivity index (χ0v) is 13.7. The SMILES string of the molecule is C=CC(=O)N(C)CC(=O)NCC1(NC(=O)OC(C)(C)C)CC1. The summed E-state index contributed by atoms with van der Waals surface area (Å²) in [6.45, 7) is 9.01. The van der Waals surface area contributed by atoms with Crippen LogP contribution in [0.3, 0.4) is 0 Å². The lowest BCUT2D eigenvalue weighted by atomic mass is 10.2. The van der Waals surface area contributed by atoms with E-state index in [1.165, 1.54) is 11.9 Å². The molecule has 0 bridgehead atoms. The van der Waals surface area contributed by atoms with Crippen molar-refractivity contribution in [3.8, 4) is 0 Å². The van der Waals surface area contributed by atoms with Crippen LogP contribution in [0.4, 0.5) is 4.79 Å². The molecule has 22 heavy (non-hydrogen) atoms. The summed E-state index contributed by atoms with van der Waals surface area (Å²) >= 11 is 0. The minimum atomic E-state index is -0.558. The first-order valence-corrected chi connectivity index (χ1v) is 7.22. The Morgan fingerprint density at radius 1 is 1.32 bits per heavy atom. The van der Waals surface area contributed by atoms with E-state index >= 15 is 0 Å². The molecule has 1 fully saturated rings. The minimum Gasteiger partial charge on any atom is -0.444 e. The number of likely N-dealkylation sites (N-methyl/N-ethyl adjacent to an activating group) is 1. The van der Waals surface area contributed by atoms with Crippen molar-refractivity contribution in [1.82, 2.24) is 15.5 Å². The molecule has 0 atom stereocenters. The van der Waals surface area contributed by atoms with E-state index in [0.29, 0.717) is 6.54 Å². The molecule has 7 heteroatoms. The maximum absolute atomic E-state index is 11.8. The molecule has 2 N–H and O–H groups in total. The van der Waals surface area contributed by atoms with Gasteiger partial charge >= 0.3 is 6.09 Å². The predicted molar refractivity (Wildman–Crippen MR) is 82.2 cm³/mol. The number of amides is 3. The van der Waals surface area contributed by atoms with Gasteiger partial charge in [-0.15, -0.1) is 0 Å². The summed E-state index contributed by atoms with van der Waals surface area (Å²) in [5.74, 6) is -0.599. The lowest BCUT2D eigenvalue weighted by Gasteiger charge is -2.24. The number of nitrogens with zero attached hydrogens (tertiary/aromatic N) is 1. The second-order valence-electron chi connectivity index (χ2n) is 6.58. The summed E-state index contributed by atoms with van der Waals surface area (Å²) in [5, 5.41) is 5.52. The molecule has 1 aliphatic carbocycles. The van der Waals surface area contributed by atoms with E-state index in [4.69, 9.17) is 4.74 Å². The van der Waals surface area contributed by atoms with E-state index in [2.05, 4.69) is 17.2 Å². The monoisotopic (exact) mass is 311 g/mol. The predicted octanol–water partition coefficient (Wildman–Crippen LogP) is 0.804. The Morgan fingerprint density at radius 2 is 1.91 bits per heavy atom. The number of hydrogen-bond donors (Lipinski definition) is 2. The molecule has 1 aliphatic rings. The fraction of sp³-hybridized carbons (Fsp3) is 0.667. The average molecular weight is 311 g/mol. The minimum absolute atomic E-state index is 0.0482. The third kappa shape index (κ3) is 6.15. The molecule has 0 aromatic carbocycles. The molecule has 0 radical (unpaired) electrons. The third-order valence-corrected chi connectivity index (χ3v) is 3.18. The highest BCUT2D eigenvalue weighted by atomic mass is 16.6. The van der Waals surface area contributed by atoms with E-state index in [1.54, 1.807) is 20.8 Å². The van der Waals surface area contributed by atoms with Gasteiger partial charge in [0.25, 0.3) is 0 Å². The van der Waals surface area contributed by atoms with Gasteiger partial charge in [-0.1, -0.05) is 6.58 Å². The maximum Gasteiger partial charge on any atom is 0.408 e. The van der Waals surface area contributed by atoms with Gasteiger partial charge in [-0.2, -0.15) is 0 Å². The Balaban J connectivity index is 2.37. The molecule has 7 nitrogen and oxygen atoms in total. The molecule has 1 rings (SSSR count). The second-order valence-corrected chi connectivity index (χ2v) is 6.58. The van der Waals surface area contributed by atoms with Gasteiger partial charge in [-0.25, -0.2) is 4.79 Å². The second kappa shape index (κ2) is 6.81. The molecule has 0 aromatic heterocycles. The van der Waals surface area contributed by atoms with Crippen molar-refractivity contribution < 1.29 is 19.1 Å². The molecule has 1 saturated carbocycles. The van der Waals surface area contributed by atoms with Gasteiger partial charge in [0.2, 0.25) is 11.8 Å². The van der Waals surface area contributed by atoms with Crippen LogP contribution in [-0.4, -0.2) is 54.1 Å². The summed E-state index contributed by atoms with van der Waals surface area (Å²) in [6.07, 6.45) is 2.24. The van der Waals surface area contributed by atoms with Gasteiger partial charge in [0.05, 0.1) is 12.1 Å². The summed E-state index contributed by atoms with van der Waals surface area (Å²) in [6, 6.07) is 0. The van der Waals surface area contributed by atoms with Crippen LogP contribution in [0.15, 0.2) is 12.7 Å². The number of nitrogens with one attached hydrogen (secondary N) is 2. The van der Waals surface area contributed by atoms with Gasteiger partial charge in [-0.05, 0) is 39.7 Å². The van der Waals surface area contributed by atoms with Crippen LogP contribution in [0.25, 0.3) is 0 Å². The quantitative estimate of drug-likeness (QED) is 0.710. The standard InChI is InChI=1S/C15H25N3O4/c1-6-12(20)18(5)9-11(19)16-10-15(7-8-15)17-13(21)22-14(2,3)4/h6H,1,7-10H2,2-5H3,(H,16,19)(H,17,21). The normalized spacial score (nSPS) is 15.5. The summed E-state index contributed by atoms with van der Waals surface area (Å²) in [4.78, 5) is 36.1.